The third-order valence-corrected chi connectivity index (χ3v) is 5.63. The molecule has 3 atom stereocenters. The van der Waals surface area contributed by atoms with E-state index in [1.807, 2.05) is 22.6 Å². The fraction of sp³-hybridized carbons (Fsp3) is 0.389. The Hall–Kier alpha value is -3.03. The molecule has 1 saturated heterocycles. The maximum atomic E-state index is 12.1. The van der Waals surface area contributed by atoms with Gasteiger partial charge in [0.25, 0.3) is 0 Å². The van der Waals surface area contributed by atoms with E-state index in [1.165, 1.54) is 17.8 Å². The summed E-state index contributed by atoms with van der Waals surface area (Å²) in [5, 5.41) is 8.91. The summed E-state index contributed by atoms with van der Waals surface area (Å²) in [4.78, 5) is 35.6. The van der Waals surface area contributed by atoms with Crippen molar-refractivity contribution in [3.63, 3.8) is 0 Å². The Labute approximate surface area is 207 Å². The van der Waals surface area contributed by atoms with E-state index < -0.39 is 48.3 Å². The first-order chi connectivity index (χ1) is 16.0. The SMILES string of the molecule is [B]C1([B])[C@H](n2cnc3c(N)nc(I)nc32)O[C@](C#C)(COC(=O)OCc2oc(=O)oc2C)[C@H]1O. The van der Waals surface area contributed by atoms with Gasteiger partial charge in [0.2, 0.25) is 0 Å². The molecule has 0 saturated carbocycles. The van der Waals surface area contributed by atoms with Gasteiger partial charge in [0, 0.05) is 22.6 Å². The van der Waals surface area contributed by atoms with Crippen molar-refractivity contribution in [2.45, 2.75) is 36.7 Å². The van der Waals surface area contributed by atoms with Crippen LogP contribution in [0.1, 0.15) is 17.7 Å². The molecule has 3 aromatic rings. The van der Waals surface area contributed by atoms with Gasteiger partial charge >= 0.3 is 12.0 Å². The molecule has 3 aromatic heterocycles. The third kappa shape index (κ3) is 4.03. The van der Waals surface area contributed by atoms with Crippen LogP contribution in [-0.4, -0.2) is 64.8 Å². The molecule has 16 heteroatoms. The third-order valence-electron chi connectivity index (χ3n) is 5.14. The highest BCUT2D eigenvalue weighted by atomic mass is 127. The molecule has 34 heavy (non-hydrogen) atoms. The fourth-order valence-corrected chi connectivity index (χ4v) is 3.88. The number of aromatic nitrogens is 4. The van der Waals surface area contributed by atoms with Gasteiger partial charge in [-0.15, -0.1) is 6.42 Å². The Morgan fingerprint density at radius 3 is 2.79 bits per heavy atom. The zero-order valence-corrected chi connectivity index (χ0v) is 19.6. The number of hydrogen-bond donors (Lipinski definition) is 2. The van der Waals surface area contributed by atoms with E-state index in [1.54, 1.807) is 0 Å². The number of nitrogens with two attached hydrogens (primary N) is 1. The minimum Gasteiger partial charge on any atom is -0.430 e. The lowest BCUT2D eigenvalue weighted by Crippen LogP contribution is -2.47. The monoisotopic (exact) mass is 577 g/mol. The molecule has 0 bridgehead atoms. The molecule has 1 aliphatic rings. The zero-order chi connectivity index (χ0) is 24.8. The predicted molar refractivity (Wildman–Crippen MR) is 122 cm³/mol. The number of aliphatic hydroxyl groups excluding tert-OH is 1. The Morgan fingerprint density at radius 1 is 1.41 bits per heavy atom. The van der Waals surface area contributed by atoms with E-state index in [9.17, 15) is 14.7 Å². The van der Waals surface area contributed by atoms with Gasteiger partial charge in [-0.3, -0.25) is 4.57 Å². The molecule has 1 fully saturated rings. The largest absolute Gasteiger partial charge is 0.519 e. The van der Waals surface area contributed by atoms with E-state index in [4.69, 9.17) is 46.5 Å². The van der Waals surface area contributed by atoms with Gasteiger partial charge in [-0.05, 0) is 12.1 Å². The number of carbonyl (C=O) groups excluding carboxylic acids is 1. The summed E-state index contributed by atoms with van der Waals surface area (Å²) >= 11 is 1.86. The summed E-state index contributed by atoms with van der Waals surface area (Å²) in [7, 11) is 12.4. The lowest BCUT2D eigenvalue weighted by atomic mass is 9.49. The summed E-state index contributed by atoms with van der Waals surface area (Å²) < 4.78 is 26.8. The second-order valence-corrected chi connectivity index (χ2v) is 8.33. The van der Waals surface area contributed by atoms with E-state index in [2.05, 4.69) is 25.3 Å². The number of nitrogens with zero attached hydrogens (tertiary/aromatic N) is 4. The van der Waals surface area contributed by atoms with Crippen molar-refractivity contribution >= 4 is 61.4 Å². The van der Waals surface area contributed by atoms with Crippen LogP contribution in [0.3, 0.4) is 0 Å². The maximum absolute atomic E-state index is 12.1. The van der Waals surface area contributed by atoms with Gasteiger partial charge < -0.3 is 33.9 Å². The molecule has 0 unspecified atom stereocenters. The van der Waals surface area contributed by atoms with Gasteiger partial charge in [-0.25, -0.2) is 24.5 Å². The van der Waals surface area contributed by atoms with E-state index in [-0.39, 0.29) is 28.5 Å². The number of imidazole rings is 1. The number of rotatable bonds is 5. The van der Waals surface area contributed by atoms with Crippen molar-refractivity contribution in [1.82, 2.24) is 19.5 Å². The van der Waals surface area contributed by atoms with Gasteiger partial charge in [0.1, 0.15) is 18.4 Å². The lowest BCUT2D eigenvalue weighted by molar-refractivity contribution is -0.0988. The van der Waals surface area contributed by atoms with Gasteiger partial charge in [-0.2, -0.15) is 0 Å². The summed E-state index contributed by atoms with van der Waals surface area (Å²) in [5.74, 6) is 1.56. The molecule has 4 heterocycles. The standard InChI is InChI=1S/C18H14B2IN5O8/c1-3-17(5-31-15(28)30-4-8-7(2)32-16(29)33-8)12(27)18(19,20)13(34-17)26-6-23-9-10(22)24-14(21)25-11(9)26/h1,6,12-13,27H,4-5H2,2H3,(H2,22,24,25)/t12-,13-,17-/m1/s1. The first-order valence-electron chi connectivity index (χ1n) is 9.44. The van der Waals surface area contributed by atoms with Crippen molar-refractivity contribution in [3.8, 4) is 12.3 Å². The van der Waals surface area contributed by atoms with Crippen LogP contribution in [0.15, 0.2) is 20.0 Å². The summed E-state index contributed by atoms with van der Waals surface area (Å²) in [6.45, 7) is 0.336. The molecular weight excluding hydrogens is 563 g/mol. The van der Waals surface area contributed by atoms with Crippen molar-refractivity contribution in [2.75, 3.05) is 12.3 Å². The molecule has 4 radical (unpaired) electrons. The number of carbonyl (C=O) groups is 1. The number of terminal acetylenes is 1. The molecular formula is C18H14B2IN5O8. The Morgan fingerprint density at radius 2 is 2.15 bits per heavy atom. The van der Waals surface area contributed by atoms with E-state index in [0.717, 1.165) is 0 Å². The average Bonchev–Trinajstić information content (AvgIpc) is 3.39. The smallest absolute Gasteiger partial charge is 0.430 e. The van der Waals surface area contributed by atoms with Crippen molar-refractivity contribution < 1.29 is 32.9 Å². The fourth-order valence-electron chi connectivity index (χ4n) is 3.39. The molecule has 3 N–H and O–H groups in total. The molecule has 0 aromatic carbocycles. The number of aryl methyl sites for hydroxylation is 1. The van der Waals surface area contributed by atoms with Crippen LogP contribution in [0.25, 0.3) is 11.2 Å². The number of ether oxygens (including phenoxy) is 3. The van der Waals surface area contributed by atoms with E-state index >= 15 is 0 Å². The van der Waals surface area contributed by atoms with Crippen LogP contribution in [0.2, 0.25) is 5.21 Å². The Balaban J connectivity index is 1.54. The topological polar surface area (TPSA) is 178 Å². The number of halogens is 1. The number of nitrogen functional groups attached to an aromatic ring is 1. The lowest BCUT2D eigenvalue weighted by Gasteiger charge is -2.31. The van der Waals surface area contributed by atoms with Crippen molar-refractivity contribution in [1.29, 1.82) is 0 Å². The molecule has 0 spiro atoms. The number of fused-ring (bicyclic) bond motifs is 1. The minimum atomic E-state index is -1.96. The molecule has 0 amide bonds. The van der Waals surface area contributed by atoms with Crippen LogP contribution >= 0.6 is 22.6 Å². The van der Waals surface area contributed by atoms with Crippen LogP contribution in [0, 0.1) is 23.1 Å². The highest BCUT2D eigenvalue weighted by Crippen LogP contribution is 2.52. The summed E-state index contributed by atoms with van der Waals surface area (Å²) in [6.07, 6.45) is 2.75. The minimum absolute atomic E-state index is 0.00311. The van der Waals surface area contributed by atoms with Crippen LogP contribution < -0.4 is 11.6 Å². The molecule has 4 rings (SSSR count). The van der Waals surface area contributed by atoms with Crippen molar-refractivity contribution in [3.05, 3.63) is 32.3 Å². The number of aliphatic hydroxyl groups is 1. The molecule has 1 aliphatic heterocycles. The average molecular weight is 577 g/mol. The summed E-state index contributed by atoms with van der Waals surface area (Å²) in [5.41, 5.74) is 4.43. The van der Waals surface area contributed by atoms with Gasteiger partial charge in [0.15, 0.2) is 39.0 Å². The second kappa shape index (κ2) is 8.64. The molecule has 0 aliphatic carbocycles. The first kappa shape index (κ1) is 24.1. The van der Waals surface area contributed by atoms with Gasteiger partial charge in [-0.1, -0.05) is 5.92 Å². The highest BCUT2D eigenvalue weighted by Gasteiger charge is 2.59. The van der Waals surface area contributed by atoms with Crippen LogP contribution in [-0.2, 0) is 20.8 Å². The van der Waals surface area contributed by atoms with Crippen LogP contribution in [0.4, 0.5) is 10.6 Å². The van der Waals surface area contributed by atoms with Crippen LogP contribution in [0.5, 0.6) is 0 Å². The summed E-state index contributed by atoms with van der Waals surface area (Å²) in [6, 6.07) is 0. The second-order valence-electron chi connectivity index (χ2n) is 7.37. The maximum Gasteiger partial charge on any atom is 0.519 e. The predicted octanol–water partition coefficient (Wildman–Crippen LogP) is -0.0640. The first-order valence-corrected chi connectivity index (χ1v) is 10.5. The number of anilines is 1. The highest BCUT2D eigenvalue weighted by molar-refractivity contribution is 14.1. The number of hydrogen-bond acceptors (Lipinski definition) is 12. The quantitative estimate of drug-likeness (QED) is 0.136. The Bertz CT molecular complexity index is 1360. The zero-order valence-electron chi connectivity index (χ0n) is 17.4. The van der Waals surface area contributed by atoms with Gasteiger partial charge in [0.05, 0.1) is 28.1 Å². The Kier molecular flexibility index (Phi) is 6.12. The molecule has 172 valence electrons. The molecule has 13 nitrogen and oxygen atoms in total. The normalized spacial score (nSPS) is 23.6. The van der Waals surface area contributed by atoms with E-state index in [0.29, 0.717) is 3.83 Å². The van der Waals surface area contributed by atoms with Crippen molar-refractivity contribution in [2.24, 2.45) is 0 Å².